The molecule has 0 aliphatic heterocycles. The zero-order valence-electron chi connectivity index (χ0n) is 11.8. The van der Waals surface area contributed by atoms with Crippen LogP contribution in [-0.2, 0) is 9.59 Å². The molecule has 0 radical (unpaired) electrons. The van der Waals surface area contributed by atoms with Crippen molar-refractivity contribution in [3.8, 4) is 0 Å². The van der Waals surface area contributed by atoms with Crippen molar-refractivity contribution in [2.24, 2.45) is 5.92 Å². The fourth-order valence-electron chi connectivity index (χ4n) is 2.15. The van der Waals surface area contributed by atoms with E-state index in [0.29, 0.717) is 5.69 Å². The van der Waals surface area contributed by atoms with Crippen molar-refractivity contribution in [1.29, 1.82) is 0 Å². The summed E-state index contributed by atoms with van der Waals surface area (Å²) in [6.45, 7) is 0.188. The SMILES string of the molecule is O=C(CCNc1ccccc1[N+](=O)[O-])NC(C(=O)O)C1CC1. The van der Waals surface area contributed by atoms with E-state index < -0.39 is 16.9 Å². The molecular formula is C14H17N3O5. The van der Waals surface area contributed by atoms with E-state index in [1.807, 2.05) is 0 Å². The van der Waals surface area contributed by atoms with Crippen LogP contribution in [0, 0.1) is 16.0 Å². The van der Waals surface area contributed by atoms with Crippen LogP contribution < -0.4 is 10.6 Å². The number of benzene rings is 1. The summed E-state index contributed by atoms with van der Waals surface area (Å²) in [5.41, 5.74) is 0.265. The van der Waals surface area contributed by atoms with Crippen molar-refractivity contribution in [1.82, 2.24) is 5.32 Å². The van der Waals surface area contributed by atoms with E-state index in [1.165, 1.54) is 6.07 Å². The maximum Gasteiger partial charge on any atom is 0.326 e. The van der Waals surface area contributed by atoms with Gasteiger partial charge >= 0.3 is 5.97 Å². The number of nitro groups is 1. The van der Waals surface area contributed by atoms with Crippen LogP contribution in [0.5, 0.6) is 0 Å². The Bertz CT molecular complexity index is 586. The molecule has 0 aromatic heterocycles. The Balaban J connectivity index is 1.82. The fraction of sp³-hybridized carbons (Fsp3) is 0.429. The molecule has 1 saturated carbocycles. The number of carboxylic acids is 1. The lowest BCUT2D eigenvalue weighted by Gasteiger charge is -2.13. The van der Waals surface area contributed by atoms with Crippen molar-refractivity contribution < 1.29 is 19.6 Å². The van der Waals surface area contributed by atoms with Crippen LogP contribution in [0.1, 0.15) is 19.3 Å². The summed E-state index contributed by atoms with van der Waals surface area (Å²) in [7, 11) is 0. The van der Waals surface area contributed by atoms with E-state index in [-0.39, 0.29) is 30.5 Å². The number of rotatable bonds is 8. The molecule has 3 N–H and O–H groups in total. The Labute approximate surface area is 126 Å². The summed E-state index contributed by atoms with van der Waals surface area (Å²) in [5, 5.41) is 25.2. The lowest BCUT2D eigenvalue weighted by Crippen LogP contribution is -2.42. The molecule has 1 amide bonds. The molecule has 1 aromatic carbocycles. The number of hydrogen-bond acceptors (Lipinski definition) is 5. The zero-order chi connectivity index (χ0) is 16.1. The molecule has 8 heteroatoms. The first-order valence-electron chi connectivity index (χ1n) is 6.98. The van der Waals surface area contributed by atoms with E-state index in [0.717, 1.165) is 12.8 Å². The molecule has 118 valence electrons. The van der Waals surface area contributed by atoms with Crippen LogP contribution in [0.3, 0.4) is 0 Å². The van der Waals surface area contributed by atoms with Gasteiger partial charge in [-0.15, -0.1) is 0 Å². The molecule has 1 atom stereocenters. The third-order valence-corrected chi connectivity index (χ3v) is 3.44. The maximum atomic E-state index is 11.8. The van der Waals surface area contributed by atoms with Crippen LogP contribution in [0.2, 0.25) is 0 Å². The number of amides is 1. The Morgan fingerprint density at radius 2 is 2.05 bits per heavy atom. The number of nitrogens with zero attached hydrogens (tertiary/aromatic N) is 1. The smallest absolute Gasteiger partial charge is 0.326 e. The van der Waals surface area contributed by atoms with Gasteiger partial charge in [0, 0.05) is 19.0 Å². The number of carboxylic acid groups (broad SMARTS) is 1. The van der Waals surface area contributed by atoms with Gasteiger partial charge in [0.25, 0.3) is 5.69 Å². The van der Waals surface area contributed by atoms with Gasteiger partial charge in [-0.05, 0) is 24.8 Å². The second kappa shape index (κ2) is 6.88. The Kier molecular flexibility index (Phi) is 4.92. The summed E-state index contributed by atoms with van der Waals surface area (Å²) in [6, 6.07) is 5.31. The van der Waals surface area contributed by atoms with Crippen molar-refractivity contribution in [2.75, 3.05) is 11.9 Å². The Morgan fingerprint density at radius 3 is 2.64 bits per heavy atom. The summed E-state index contributed by atoms with van der Waals surface area (Å²) in [6.07, 6.45) is 1.67. The largest absolute Gasteiger partial charge is 0.480 e. The number of nitro benzene ring substituents is 1. The van der Waals surface area contributed by atoms with Gasteiger partial charge in [-0.3, -0.25) is 14.9 Å². The molecule has 1 aliphatic carbocycles. The van der Waals surface area contributed by atoms with Gasteiger partial charge in [0.05, 0.1) is 4.92 Å². The van der Waals surface area contributed by atoms with E-state index >= 15 is 0 Å². The lowest BCUT2D eigenvalue weighted by atomic mass is 10.2. The molecular weight excluding hydrogens is 290 g/mol. The fourth-order valence-corrected chi connectivity index (χ4v) is 2.15. The summed E-state index contributed by atoms with van der Waals surface area (Å²) in [4.78, 5) is 33.1. The number of nitrogens with one attached hydrogen (secondary N) is 2. The first-order chi connectivity index (χ1) is 10.5. The highest BCUT2D eigenvalue weighted by Gasteiger charge is 2.37. The van der Waals surface area contributed by atoms with Crippen molar-refractivity contribution in [2.45, 2.75) is 25.3 Å². The quantitative estimate of drug-likeness (QED) is 0.492. The highest BCUT2D eigenvalue weighted by atomic mass is 16.6. The number of carbonyl (C=O) groups excluding carboxylic acids is 1. The monoisotopic (exact) mass is 307 g/mol. The number of para-hydroxylation sites is 2. The third kappa shape index (κ3) is 4.18. The molecule has 0 bridgehead atoms. The van der Waals surface area contributed by atoms with Crippen molar-refractivity contribution >= 4 is 23.3 Å². The van der Waals surface area contributed by atoms with Crippen LogP contribution in [0.15, 0.2) is 24.3 Å². The number of anilines is 1. The lowest BCUT2D eigenvalue weighted by molar-refractivity contribution is -0.384. The maximum absolute atomic E-state index is 11.8. The minimum absolute atomic E-state index is 0.0182. The van der Waals surface area contributed by atoms with Gasteiger partial charge in [-0.1, -0.05) is 12.1 Å². The van der Waals surface area contributed by atoms with E-state index in [4.69, 9.17) is 5.11 Å². The molecule has 0 saturated heterocycles. The predicted octanol–water partition coefficient (Wildman–Crippen LogP) is 1.38. The average Bonchev–Trinajstić information content (AvgIpc) is 3.29. The van der Waals surface area contributed by atoms with Gasteiger partial charge in [0.1, 0.15) is 11.7 Å². The second-order valence-electron chi connectivity index (χ2n) is 5.17. The van der Waals surface area contributed by atoms with E-state index in [9.17, 15) is 19.7 Å². The molecule has 2 rings (SSSR count). The minimum atomic E-state index is -1.03. The second-order valence-corrected chi connectivity index (χ2v) is 5.17. The molecule has 0 heterocycles. The topological polar surface area (TPSA) is 122 Å². The standard InChI is InChI=1S/C14H17N3O5/c18-12(16-13(14(19)20)9-5-6-9)7-8-15-10-3-1-2-4-11(10)17(21)22/h1-4,9,13,15H,5-8H2,(H,16,18)(H,19,20). The molecule has 1 unspecified atom stereocenters. The molecule has 1 aromatic rings. The molecule has 22 heavy (non-hydrogen) atoms. The van der Waals surface area contributed by atoms with Crippen molar-refractivity contribution in [3.05, 3.63) is 34.4 Å². The van der Waals surface area contributed by atoms with Gasteiger partial charge in [0.15, 0.2) is 0 Å². The molecule has 1 aliphatic rings. The number of carbonyl (C=O) groups is 2. The first-order valence-corrected chi connectivity index (χ1v) is 6.98. The molecule has 8 nitrogen and oxygen atoms in total. The van der Waals surface area contributed by atoms with Gasteiger partial charge in [-0.2, -0.15) is 0 Å². The Morgan fingerprint density at radius 1 is 1.36 bits per heavy atom. The van der Waals surface area contributed by atoms with Gasteiger partial charge < -0.3 is 15.7 Å². The van der Waals surface area contributed by atoms with Crippen LogP contribution in [0.4, 0.5) is 11.4 Å². The highest BCUT2D eigenvalue weighted by Crippen LogP contribution is 2.32. The van der Waals surface area contributed by atoms with Gasteiger partial charge in [0.2, 0.25) is 5.91 Å². The minimum Gasteiger partial charge on any atom is -0.480 e. The summed E-state index contributed by atoms with van der Waals surface area (Å²) in [5.74, 6) is -1.39. The summed E-state index contributed by atoms with van der Waals surface area (Å²) >= 11 is 0. The van der Waals surface area contributed by atoms with E-state index in [2.05, 4.69) is 10.6 Å². The van der Waals surface area contributed by atoms with Crippen LogP contribution in [-0.4, -0.2) is 34.5 Å². The third-order valence-electron chi connectivity index (χ3n) is 3.44. The number of aliphatic carboxylic acids is 1. The van der Waals surface area contributed by atoms with Gasteiger partial charge in [-0.25, -0.2) is 4.79 Å². The molecule has 1 fully saturated rings. The number of hydrogen-bond donors (Lipinski definition) is 3. The highest BCUT2D eigenvalue weighted by molar-refractivity contribution is 5.84. The van der Waals surface area contributed by atoms with E-state index in [1.54, 1.807) is 18.2 Å². The average molecular weight is 307 g/mol. The summed E-state index contributed by atoms with van der Waals surface area (Å²) < 4.78 is 0. The normalized spacial score (nSPS) is 14.9. The van der Waals surface area contributed by atoms with Crippen LogP contribution in [0.25, 0.3) is 0 Å². The zero-order valence-corrected chi connectivity index (χ0v) is 11.8. The predicted molar refractivity (Wildman–Crippen MR) is 78.5 cm³/mol. The van der Waals surface area contributed by atoms with Crippen molar-refractivity contribution in [3.63, 3.8) is 0 Å². The first kappa shape index (κ1) is 15.7. The van der Waals surface area contributed by atoms with Crippen LogP contribution >= 0.6 is 0 Å². The Hall–Kier alpha value is -2.64. The molecule has 0 spiro atoms.